The van der Waals surface area contributed by atoms with Crippen LogP contribution in [-0.4, -0.2) is 40.3 Å². The SMILES string of the molecule is COc1ccc(F)cc1C(C)(C)CC(O)(CNc1cccc2c1cnn2-c1ccc(F)cc1F)C(F)(F)F. The van der Waals surface area contributed by atoms with Crippen molar-refractivity contribution in [3.8, 4) is 11.4 Å². The van der Waals surface area contributed by atoms with Gasteiger partial charge in [0.25, 0.3) is 0 Å². The lowest BCUT2D eigenvalue weighted by molar-refractivity contribution is -0.260. The van der Waals surface area contributed by atoms with Crippen LogP contribution in [0, 0.1) is 17.5 Å². The fourth-order valence-corrected chi connectivity index (χ4v) is 4.59. The molecule has 0 fully saturated rings. The minimum absolute atomic E-state index is 0.0452. The van der Waals surface area contributed by atoms with Gasteiger partial charge in [-0.15, -0.1) is 0 Å². The van der Waals surface area contributed by atoms with Crippen LogP contribution in [0.4, 0.5) is 32.0 Å². The smallest absolute Gasteiger partial charge is 0.418 e. The molecule has 4 aromatic rings. The summed E-state index contributed by atoms with van der Waals surface area (Å²) < 4.78 is 90.8. The van der Waals surface area contributed by atoms with E-state index in [-0.39, 0.29) is 22.7 Å². The molecule has 4 rings (SSSR count). The van der Waals surface area contributed by atoms with Gasteiger partial charge in [-0.25, -0.2) is 17.9 Å². The highest BCUT2D eigenvalue weighted by molar-refractivity contribution is 5.92. The molecule has 1 atom stereocenters. The fraction of sp³-hybridized carbons (Fsp3) is 0.296. The van der Waals surface area contributed by atoms with Gasteiger partial charge < -0.3 is 15.2 Å². The number of benzene rings is 3. The van der Waals surface area contributed by atoms with Gasteiger partial charge >= 0.3 is 6.18 Å². The molecule has 0 aliphatic rings. The molecular weight excluding hydrogens is 512 g/mol. The Bertz CT molecular complexity index is 1470. The molecule has 0 spiro atoms. The van der Waals surface area contributed by atoms with Gasteiger partial charge in [0.1, 0.15) is 23.1 Å². The summed E-state index contributed by atoms with van der Waals surface area (Å²) in [7, 11) is 1.32. The van der Waals surface area contributed by atoms with Crippen molar-refractivity contribution in [1.82, 2.24) is 9.78 Å². The van der Waals surface area contributed by atoms with Crippen LogP contribution < -0.4 is 10.1 Å². The quantitative estimate of drug-likeness (QED) is 0.251. The first-order valence-corrected chi connectivity index (χ1v) is 11.5. The maximum Gasteiger partial charge on any atom is 0.418 e. The van der Waals surface area contributed by atoms with E-state index in [1.807, 2.05) is 0 Å². The minimum Gasteiger partial charge on any atom is -0.496 e. The molecule has 1 aromatic heterocycles. The Morgan fingerprint density at radius 3 is 2.32 bits per heavy atom. The second kappa shape index (κ2) is 9.86. The average molecular weight is 538 g/mol. The normalized spacial score (nSPS) is 13.9. The van der Waals surface area contributed by atoms with Crippen molar-refractivity contribution in [1.29, 1.82) is 0 Å². The monoisotopic (exact) mass is 537 g/mol. The molecule has 5 nitrogen and oxygen atoms in total. The second-order valence-corrected chi connectivity index (χ2v) is 9.68. The number of hydrogen-bond donors (Lipinski definition) is 2. The van der Waals surface area contributed by atoms with Crippen LogP contribution in [0.1, 0.15) is 25.8 Å². The third kappa shape index (κ3) is 5.15. The van der Waals surface area contributed by atoms with Crippen molar-refractivity contribution in [2.75, 3.05) is 19.0 Å². The van der Waals surface area contributed by atoms with Gasteiger partial charge in [0.2, 0.25) is 0 Å². The predicted octanol–water partition coefficient (Wildman–Crippen LogP) is 6.52. The Balaban J connectivity index is 1.66. The number of rotatable bonds is 8. The highest BCUT2D eigenvalue weighted by atomic mass is 19.4. The highest BCUT2D eigenvalue weighted by Gasteiger charge is 2.56. The van der Waals surface area contributed by atoms with Crippen LogP contribution in [0.5, 0.6) is 5.75 Å². The third-order valence-electron chi connectivity index (χ3n) is 6.48. The number of ether oxygens (including phenoxy) is 1. The van der Waals surface area contributed by atoms with Crippen LogP contribution in [0.2, 0.25) is 0 Å². The summed E-state index contributed by atoms with van der Waals surface area (Å²) in [6.07, 6.45) is -4.53. The molecule has 3 aromatic carbocycles. The van der Waals surface area contributed by atoms with E-state index in [4.69, 9.17) is 4.74 Å². The molecule has 0 saturated heterocycles. The van der Waals surface area contributed by atoms with E-state index in [0.717, 1.165) is 18.2 Å². The molecule has 0 saturated carbocycles. The van der Waals surface area contributed by atoms with Crippen LogP contribution in [-0.2, 0) is 5.41 Å². The van der Waals surface area contributed by atoms with Gasteiger partial charge in [-0.3, -0.25) is 0 Å². The van der Waals surface area contributed by atoms with Crippen molar-refractivity contribution < 1.29 is 36.2 Å². The van der Waals surface area contributed by atoms with E-state index in [9.17, 15) is 31.4 Å². The number of fused-ring (bicyclic) bond motifs is 1. The number of aromatic nitrogens is 2. The summed E-state index contributed by atoms with van der Waals surface area (Å²) in [5.41, 5.74) is -3.89. The summed E-state index contributed by atoms with van der Waals surface area (Å²) in [6.45, 7) is 1.98. The predicted molar refractivity (Wildman–Crippen MR) is 131 cm³/mol. The number of nitrogens with one attached hydrogen (secondary N) is 1. The zero-order chi connectivity index (χ0) is 27.9. The van der Waals surface area contributed by atoms with Crippen molar-refractivity contribution in [3.63, 3.8) is 0 Å². The zero-order valence-corrected chi connectivity index (χ0v) is 20.7. The van der Waals surface area contributed by atoms with Crippen molar-refractivity contribution in [2.24, 2.45) is 0 Å². The Kier molecular flexibility index (Phi) is 7.09. The summed E-state index contributed by atoms with van der Waals surface area (Å²) >= 11 is 0. The average Bonchev–Trinajstić information content (AvgIpc) is 3.26. The standard InChI is InChI=1S/C27H25F6N3O2/c1-25(2,19-11-16(28)8-10-24(19)38-3)14-26(37,27(31,32)33)15-34-21-5-4-6-22-18(21)13-35-36(22)23-9-7-17(29)12-20(23)30/h4-13,34,37H,14-15H2,1-3H3. The first-order chi connectivity index (χ1) is 17.8. The summed E-state index contributed by atoms with van der Waals surface area (Å²) in [5.74, 6) is -2.09. The van der Waals surface area contributed by atoms with Crippen LogP contribution in [0.25, 0.3) is 16.6 Å². The van der Waals surface area contributed by atoms with Crippen LogP contribution in [0.15, 0.2) is 60.8 Å². The van der Waals surface area contributed by atoms with Gasteiger partial charge in [-0.05, 0) is 54.3 Å². The van der Waals surface area contributed by atoms with Crippen molar-refractivity contribution in [3.05, 3.63) is 83.8 Å². The third-order valence-corrected chi connectivity index (χ3v) is 6.48. The van der Waals surface area contributed by atoms with E-state index in [0.29, 0.717) is 17.0 Å². The van der Waals surface area contributed by atoms with Gasteiger partial charge in [0, 0.05) is 22.7 Å². The van der Waals surface area contributed by atoms with Crippen LogP contribution >= 0.6 is 0 Å². The molecule has 1 unspecified atom stereocenters. The van der Waals surface area contributed by atoms with Gasteiger partial charge in [-0.1, -0.05) is 19.9 Å². The lowest BCUT2D eigenvalue weighted by Crippen LogP contribution is -2.53. The lowest BCUT2D eigenvalue weighted by atomic mass is 9.74. The molecule has 0 aliphatic heterocycles. The number of hydrogen-bond acceptors (Lipinski definition) is 4. The molecule has 0 bridgehead atoms. The number of nitrogens with zero attached hydrogens (tertiary/aromatic N) is 2. The Hall–Kier alpha value is -3.73. The topological polar surface area (TPSA) is 59.3 Å². The maximum absolute atomic E-state index is 14.3. The number of alkyl halides is 3. The molecular formula is C27H25F6N3O2. The van der Waals surface area contributed by atoms with Gasteiger partial charge in [0.15, 0.2) is 11.4 Å². The van der Waals surface area contributed by atoms with Crippen molar-refractivity contribution >= 4 is 16.6 Å². The summed E-state index contributed by atoms with van der Waals surface area (Å²) in [4.78, 5) is 0. The number of methoxy groups -OCH3 is 1. The summed E-state index contributed by atoms with van der Waals surface area (Å²) in [5, 5.41) is 18.1. The van der Waals surface area contributed by atoms with Gasteiger partial charge in [0.05, 0.1) is 25.4 Å². The Morgan fingerprint density at radius 1 is 0.974 bits per heavy atom. The van der Waals surface area contributed by atoms with E-state index in [1.54, 1.807) is 6.07 Å². The fourth-order valence-electron chi connectivity index (χ4n) is 4.59. The number of anilines is 1. The minimum atomic E-state index is -5.05. The summed E-state index contributed by atoms with van der Waals surface area (Å²) in [6, 6.07) is 11.1. The number of aliphatic hydroxyl groups is 1. The van der Waals surface area contributed by atoms with E-state index in [2.05, 4.69) is 10.4 Å². The maximum atomic E-state index is 14.3. The molecule has 38 heavy (non-hydrogen) atoms. The molecule has 2 N–H and O–H groups in total. The lowest BCUT2D eigenvalue weighted by Gasteiger charge is -2.38. The Morgan fingerprint density at radius 2 is 1.66 bits per heavy atom. The largest absolute Gasteiger partial charge is 0.496 e. The van der Waals surface area contributed by atoms with Gasteiger partial charge in [-0.2, -0.15) is 18.3 Å². The van der Waals surface area contributed by atoms with E-state index >= 15 is 0 Å². The van der Waals surface area contributed by atoms with E-state index in [1.165, 1.54) is 56.1 Å². The van der Waals surface area contributed by atoms with Crippen molar-refractivity contribution in [2.45, 2.75) is 37.5 Å². The first-order valence-electron chi connectivity index (χ1n) is 11.5. The van der Waals surface area contributed by atoms with E-state index < -0.39 is 47.6 Å². The molecule has 11 heteroatoms. The first kappa shape index (κ1) is 27.3. The molecule has 1 heterocycles. The molecule has 202 valence electrons. The number of halogens is 6. The van der Waals surface area contributed by atoms with Crippen LogP contribution in [0.3, 0.4) is 0 Å². The highest BCUT2D eigenvalue weighted by Crippen LogP contribution is 2.44. The zero-order valence-electron chi connectivity index (χ0n) is 20.7. The second-order valence-electron chi connectivity index (χ2n) is 9.68. The molecule has 0 amide bonds. The molecule has 0 radical (unpaired) electrons. The molecule has 0 aliphatic carbocycles. The Labute approximate surface area is 214 Å².